The number of nitrogens with one attached hydrogen (secondary N) is 3. The molecule has 2 aromatic carbocycles. The van der Waals surface area contributed by atoms with E-state index in [-0.39, 0.29) is 0 Å². The van der Waals surface area contributed by atoms with Gasteiger partial charge < -0.3 is 15.6 Å². The molecule has 0 saturated carbocycles. The number of aromatic amines is 1. The van der Waals surface area contributed by atoms with Gasteiger partial charge in [-0.3, -0.25) is 4.98 Å². The molecule has 2 heterocycles. The molecule has 4 nitrogen and oxygen atoms in total. The molecule has 0 aliphatic carbocycles. The van der Waals surface area contributed by atoms with Crippen molar-refractivity contribution in [3.8, 4) is 0 Å². The molecule has 0 aliphatic rings. The number of nitrogens with zero attached hydrogens (tertiary/aromatic N) is 1. The summed E-state index contributed by atoms with van der Waals surface area (Å²) >= 11 is 0. The van der Waals surface area contributed by atoms with Crippen LogP contribution >= 0.6 is 0 Å². The predicted molar refractivity (Wildman–Crippen MR) is 104 cm³/mol. The maximum absolute atomic E-state index is 4.02. The van der Waals surface area contributed by atoms with Gasteiger partial charge in [0.1, 0.15) is 0 Å². The summed E-state index contributed by atoms with van der Waals surface area (Å²) in [6.07, 6.45) is 4.52. The molecular formula is C21H20N4. The first-order valence-electron chi connectivity index (χ1n) is 8.44. The summed E-state index contributed by atoms with van der Waals surface area (Å²) in [4.78, 5) is 7.48. The molecule has 124 valence electrons. The van der Waals surface area contributed by atoms with E-state index in [1.807, 2.05) is 12.1 Å². The quantitative estimate of drug-likeness (QED) is 0.469. The number of hydrogen-bond donors (Lipinski definition) is 3. The van der Waals surface area contributed by atoms with Gasteiger partial charge in [0, 0.05) is 53.6 Å². The van der Waals surface area contributed by atoms with Crippen molar-refractivity contribution in [3.63, 3.8) is 0 Å². The van der Waals surface area contributed by atoms with Gasteiger partial charge in [-0.25, -0.2) is 0 Å². The van der Waals surface area contributed by atoms with E-state index in [0.29, 0.717) is 0 Å². The van der Waals surface area contributed by atoms with Gasteiger partial charge in [0.25, 0.3) is 0 Å². The number of hydrogen-bond acceptors (Lipinski definition) is 3. The lowest BCUT2D eigenvalue weighted by molar-refractivity contribution is 0.983. The Labute approximate surface area is 146 Å². The van der Waals surface area contributed by atoms with Crippen LogP contribution in [0.1, 0.15) is 5.69 Å². The smallest absolute Gasteiger partial charge is 0.0456 e. The van der Waals surface area contributed by atoms with E-state index >= 15 is 0 Å². The molecule has 3 N–H and O–H groups in total. The van der Waals surface area contributed by atoms with Gasteiger partial charge in [-0.15, -0.1) is 0 Å². The lowest BCUT2D eigenvalue weighted by Gasteiger charge is -2.09. The van der Waals surface area contributed by atoms with Crippen LogP contribution in [-0.2, 0) is 6.42 Å². The molecule has 4 aromatic rings. The molecule has 0 atom stereocenters. The van der Waals surface area contributed by atoms with Gasteiger partial charge in [0.15, 0.2) is 0 Å². The van der Waals surface area contributed by atoms with Crippen LogP contribution in [0, 0.1) is 0 Å². The van der Waals surface area contributed by atoms with Crippen LogP contribution < -0.4 is 10.6 Å². The van der Waals surface area contributed by atoms with E-state index in [4.69, 9.17) is 0 Å². The minimum atomic E-state index is 0.893. The summed E-state index contributed by atoms with van der Waals surface area (Å²) in [5.74, 6) is 0. The van der Waals surface area contributed by atoms with E-state index in [9.17, 15) is 0 Å². The average Bonchev–Trinajstić information content (AvgIpc) is 3.07. The third-order valence-electron chi connectivity index (χ3n) is 4.16. The number of pyridine rings is 1. The SMILES string of the molecule is c1ccc2[nH]c(CCNc3ccc(Nc4ccncc4)cc3)cc2c1. The van der Waals surface area contributed by atoms with Crippen molar-refractivity contribution < 1.29 is 0 Å². The maximum atomic E-state index is 4.02. The molecule has 0 bridgehead atoms. The lowest BCUT2D eigenvalue weighted by atomic mass is 10.2. The Hall–Kier alpha value is -3.27. The fourth-order valence-electron chi connectivity index (χ4n) is 2.88. The molecule has 0 fully saturated rings. The maximum Gasteiger partial charge on any atom is 0.0456 e. The predicted octanol–water partition coefficient (Wildman–Crippen LogP) is 4.96. The molecule has 0 saturated heterocycles. The second-order valence-electron chi connectivity index (χ2n) is 6.00. The Morgan fingerprint density at radius 2 is 1.52 bits per heavy atom. The third kappa shape index (κ3) is 3.80. The molecule has 4 rings (SSSR count). The Balaban J connectivity index is 1.32. The van der Waals surface area contributed by atoms with E-state index in [0.717, 1.165) is 30.0 Å². The first-order chi connectivity index (χ1) is 12.4. The van der Waals surface area contributed by atoms with Crippen LogP contribution in [0.3, 0.4) is 0 Å². The zero-order valence-electron chi connectivity index (χ0n) is 13.9. The van der Waals surface area contributed by atoms with Crippen molar-refractivity contribution in [3.05, 3.63) is 84.8 Å². The van der Waals surface area contributed by atoms with Crippen molar-refractivity contribution in [1.82, 2.24) is 9.97 Å². The van der Waals surface area contributed by atoms with E-state index in [1.54, 1.807) is 12.4 Å². The van der Waals surface area contributed by atoms with Gasteiger partial charge in [-0.05, 0) is 53.9 Å². The van der Waals surface area contributed by atoms with Gasteiger partial charge in [-0.1, -0.05) is 18.2 Å². The number of para-hydroxylation sites is 1. The summed E-state index contributed by atoms with van der Waals surface area (Å²) in [6, 6.07) is 22.8. The third-order valence-corrected chi connectivity index (χ3v) is 4.16. The molecule has 2 aromatic heterocycles. The van der Waals surface area contributed by atoms with Crippen LogP contribution in [-0.4, -0.2) is 16.5 Å². The topological polar surface area (TPSA) is 52.7 Å². The van der Waals surface area contributed by atoms with Crippen LogP contribution in [0.25, 0.3) is 10.9 Å². The zero-order chi connectivity index (χ0) is 16.9. The standard InChI is InChI=1S/C21H20N4/c1-2-4-21-16(3-1)15-20(25-21)11-14-23-17-5-7-18(8-6-17)24-19-9-12-22-13-10-19/h1-10,12-13,15,23,25H,11,14H2,(H,22,24). The highest BCUT2D eigenvalue weighted by Crippen LogP contribution is 2.19. The van der Waals surface area contributed by atoms with Gasteiger partial charge in [-0.2, -0.15) is 0 Å². The normalized spacial score (nSPS) is 10.7. The van der Waals surface area contributed by atoms with E-state index in [2.05, 4.69) is 75.2 Å². The number of benzene rings is 2. The summed E-state index contributed by atoms with van der Waals surface area (Å²) < 4.78 is 0. The zero-order valence-corrected chi connectivity index (χ0v) is 13.9. The largest absolute Gasteiger partial charge is 0.385 e. The van der Waals surface area contributed by atoms with Crippen LogP contribution in [0.5, 0.6) is 0 Å². The number of aromatic nitrogens is 2. The Morgan fingerprint density at radius 3 is 2.32 bits per heavy atom. The van der Waals surface area contributed by atoms with Crippen molar-refractivity contribution in [2.45, 2.75) is 6.42 Å². The highest BCUT2D eigenvalue weighted by molar-refractivity contribution is 5.80. The summed E-state index contributed by atoms with van der Waals surface area (Å²) in [6.45, 7) is 0.893. The van der Waals surface area contributed by atoms with Crippen molar-refractivity contribution in [2.75, 3.05) is 17.2 Å². The van der Waals surface area contributed by atoms with Crippen LogP contribution in [0.4, 0.5) is 17.1 Å². The number of H-pyrrole nitrogens is 1. The fraction of sp³-hybridized carbons (Fsp3) is 0.0952. The number of fused-ring (bicyclic) bond motifs is 1. The molecule has 4 heteroatoms. The summed E-state index contributed by atoms with van der Waals surface area (Å²) in [5.41, 5.74) is 5.67. The molecule has 0 radical (unpaired) electrons. The van der Waals surface area contributed by atoms with Gasteiger partial charge in [0.2, 0.25) is 0 Å². The molecular weight excluding hydrogens is 308 g/mol. The van der Waals surface area contributed by atoms with Crippen molar-refractivity contribution >= 4 is 28.0 Å². The Morgan fingerprint density at radius 1 is 0.800 bits per heavy atom. The molecule has 0 spiro atoms. The minimum Gasteiger partial charge on any atom is -0.385 e. The van der Waals surface area contributed by atoms with Gasteiger partial charge in [0.05, 0.1) is 0 Å². The minimum absolute atomic E-state index is 0.893. The first kappa shape index (κ1) is 15.3. The van der Waals surface area contributed by atoms with Crippen LogP contribution in [0.15, 0.2) is 79.1 Å². The Kier molecular flexibility index (Phi) is 4.33. The fourth-order valence-corrected chi connectivity index (χ4v) is 2.88. The molecule has 0 unspecified atom stereocenters. The molecule has 0 aliphatic heterocycles. The van der Waals surface area contributed by atoms with E-state index < -0.39 is 0 Å². The second kappa shape index (κ2) is 7.09. The molecule has 0 amide bonds. The molecule has 25 heavy (non-hydrogen) atoms. The van der Waals surface area contributed by atoms with Gasteiger partial charge >= 0.3 is 0 Å². The van der Waals surface area contributed by atoms with Crippen LogP contribution in [0.2, 0.25) is 0 Å². The Bertz CT molecular complexity index is 909. The highest BCUT2D eigenvalue weighted by atomic mass is 14.9. The second-order valence-corrected chi connectivity index (χ2v) is 6.00. The average molecular weight is 328 g/mol. The number of anilines is 3. The first-order valence-corrected chi connectivity index (χ1v) is 8.44. The lowest BCUT2D eigenvalue weighted by Crippen LogP contribution is -2.04. The summed E-state index contributed by atoms with van der Waals surface area (Å²) in [7, 11) is 0. The monoisotopic (exact) mass is 328 g/mol. The van der Waals surface area contributed by atoms with Crippen molar-refractivity contribution in [2.24, 2.45) is 0 Å². The number of rotatable bonds is 6. The summed E-state index contributed by atoms with van der Waals surface area (Å²) in [5, 5.41) is 8.09. The van der Waals surface area contributed by atoms with Crippen molar-refractivity contribution in [1.29, 1.82) is 0 Å². The van der Waals surface area contributed by atoms with E-state index in [1.165, 1.54) is 16.6 Å². The highest BCUT2D eigenvalue weighted by Gasteiger charge is 2.00.